The molecule has 3 aromatic rings. The van der Waals surface area contributed by atoms with Crippen LogP contribution in [0.3, 0.4) is 0 Å². The molecule has 0 fully saturated rings. The first-order valence-electron chi connectivity index (χ1n) is 10.6. The summed E-state index contributed by atoms with van der Waals surface area (Å²) < 4.78 is 19.5. The Morgan fingerprint density at radius 1 is 1.00 bits per heavy atom. The molecule has 31 heavy (non-hydrogen) atoms. The van der Waals surface area contributed by atoms with Crippen LogP contribution in [0.25, 0.3) is 5.70 Å². The predicted molar refractivity (Wildman–Crippen MR) is 121 cm³/mol. The number of hydrogen-bond donors (Lipinski definition) is 3. The highest BCUT2D eigenvalue weighted by Gasteiger charge is 2.26. The zero-order chi connectivity index (χ0) is 21.8. The Morgan fingerprint density at radius 3 is 2.48 bits per heavy atom. The van der Waals surface area contributed by atoms with Gasteiger partial charge in [0.2, 0.25) is 0 Å². The van der Waals surface area contributed by atoms with Gasteiger partial charge < -0.3 is 15.2 Å². The van der Waals surface area contributed by atoms with E-state index in [0.29, 0.717) is 17.9 Å². The van der Waals surface area contributed by atoms with Crippen molar-refractivity contribution < 1.29 is 14.2 Å². The van der Waals surface area contributed by atoms with Gasteiger partial charge in [0.15, 0.2) is 11.5 Å². The summed E-state index contributed by atoms with van der Waals surface area (Å²) in [6.45, 7) is 4.47. The molecule has 2 unspecified atom stereocenters. The van der Waals surface area contributed by atoms with Crippen LogP contribution in [0.4, 0.5) is 4.39 Å². The van der Waals surface area contributed by atoms with Crippen molar-refractivity contribution in [2.24, 2.45) is 0 Å². The van der Waals surface area contributed by atoms with Gasteiger partial charge in [0.1, 0.15) is 12.0 Å². The molecule has 4 nitrogen and oxygen atoms in total. The molecular weight excluding hydrogens is 391 g/mol. The highest BCUT2D eigenvalue weighted by Crippen LogP contribution is 2.38. The average Bonchev–Trinajstić information content (AvgIpc) is 2.80. The molecule has 4 rings (SSSR count). The molecule has 0 aromatic heterocycles. The van der Waals surface area contributed by atoms with Crippen LogP contribution in [0, 0.1) is 5.82 Å². The highest BCUT2D eigenvalue weighted by molar-refractivity contribution is 5.67. The lowest BCUT2D eigenvalue weighted by molar-refractivity contribution is 0.314. The van der Waals surface area contributed by atoms with Crippen molar-refractivity contribution in [2.75, 3.05) is 6.61 Å². The molecule has 3 aromatic carbocycles. The minimum absolute atomic E-state index is 0.110. The number of phenols is 1. The molecule has 0 bridgehead atoms. The lowest BCUT2D eigenvalue weighted by Crippen LogP contribution is -2.39. The van der Waals surface area contributed by atoms with E-state index in [1.165, 1.54) is 17.7 Å². The van der Waals surface area contributed by atoms with E-state index < -0.39 is 0 Å². The van der Waals surface area contributed by atoms with Crippen molar-refractivity contribution in [2.45, 2.75) is 32.5 Å². The van der Waals surface area contributed by atoms with Gasteiger partial charge in [0, 0.05) is 11.3 Å². The lowest BCUT2D eigenvalue weighted by atomic mass is 9.97. The van der Waals surface area contributed by atoms with Gasteiger partial charge in [-0.1, -0.05) is 55.5 Å². The zero-order valence-corrected chi connectivity index (χ0v) is 17.7. The van der Waals surface area contributed by atoms with Gasteiger partial charge in [-0.15, -0.1) is 0 Å². The third kappa shape index (κ3) is 4.57. The lowest BCUT2D eigenvalue weighted by Gasteiger charge is -2.33. The number of aryl methyl sites for hydroxylation is 1. The first-order chi connectivity index (χ1) is 15.1. The molecule has 1 aliphatic rings. The Balaban J connectivity index is 1.76. The third-order valence-corrected chi connectivity index (χ3v) is 5.50. The fourth-order valence-corrected chi connectivity index (χ4v) is 3.85. The minimum atomic E-state index is -0.332. The van der Waals surface area contributed by atoms with Crippen LogP contribution in [0.5, 0.6) is 11.5 Å². The van der Waals surface area contributed by atoms with Crippen LogP contribution < -0.4 is 15.4 Å². The largest absolute Gasteiger partial charge is 0.504 e. The molecule has 0 radical (unpaired) electrons. The van der Waals surface area contributed by atoms with Gasteiger partial charge in [-0.2, -0.15) is 0 Å². The van der Waals surface area contributed by atoms with Gasteiger partial charge >= 0.3 is 0 Å². The predicted octanol–water partition coefficient (Wildman–Crippen LogP) is 5.47. The molecule has 1 aliphatic heterocycles. The van der Waals surface area contributed by atoms with Crippen LogP contribution in [-0.2, 0) is 6.42 Å². The number of para-hydroxylation sites is 1. The summed E-state index contributed by atoms with van der Waals surface area (Å²) in [4.78, 5) is 0. The summed E-state index contributed by atoms with van der Waals surface area (Å²) >= 11 is 0. The highest BCUT2D eigenvalue weighted by atomic mass is 19.1. The number of nitrogens with one attached hydrogen (secondary N) is 2. The van der Waals surface area contributed by atoms with Gasteiger partial charge in [0.05, 0.1) is 12.6 Å². The summed E-state index contributed by atoms with van der Waals surface area (Å²) in [5.74, 6) is 0.269. The summed E-state index contributed by atoms with van der Waals surface area (Å²) in [7, 11) is 0. The van der Waals surface area contributed by atoms with E-state index in [-0.39, 0.29) is 23.8 Å². The van der Waals surface area contributed by atoms with Crippen LogP contribution in [0.2, 0.25) is 0 Å². The van der Waals surface area contributed by atoms with Crippen LogP contribution in [-0.4, -0.2) is 11.7 Å². The summed E-state index contributed by atoms with van der Waals surface area (Å²) in [5.41, 5.74) is 4.70. The van der Waals surface area contributed by atoms with Crippen molar-refractivity contribution in [3.63, 3.8) is 0 Å². The second-order valence-corrected chi connectivity index (χ2v) is 7.53. The number of aromatic hydroxyl groups is 1. The average molecular weight is 419 g/mol. The Labute approximate surface area is 182 Å². The maximum absolute atomic E-state index is 13.9. The van der Waals surface area contributed by atoms with Crippen LogP contribution in [0.15, 0.2) is 72.8 Å². The van der Waals surface area contributed by atoms with Crippen molar-refractivity contribution in [3.8, 4) is 11.5 Å². The van der Waals surface area contributed by atoms with Gasteiger partial charge in [-0.05, 0) is 54.3 Å². The van der Waals surface area contributed by atoms with Crippen molar-refractivity contribution in [1.82, 2.24) is 10.6 Å². The first-order valence-corrected chi connectivity index (χ1v) is 10.6. The summed E-state index contributed by atoms with van der Waals surface area (Å²) in [6.07, 6.45) is 2.68. The molecule has 5 heteroatoms. The standard InChI is InChI=1S/C26H27FN2O2/c1-3-17-11-13-18(14-12-17)22-16-23(21-9-6-10-24(25(21)30)31-4-2)29-26(28-22)19-7-5-8-20(27)15-19/h5-16,23,26,28-30H,3-4H2,1-2H3. The summed E-state index contributed by atoms with van der Waals surface area (Å²) in [6, 6.07) is 20.1. The van der Waals surface area contributed by atoms with E-state index in [4.69, 9.17) is 4.74 Å². The topological polar surface area (TPSA) is 53.5 Å². The number of benzene rings is 3. The van der Waals surface area contributed by atoms with Crippen LogP contribution >= 0.6 is 0 Å². The van der Waals surface area contributed by atoms with E-state index in [1.807, 2.05) is 31.2 Å². The molecule has 0 aliphatic carbocycles. The normalized spacial score (nSPS) is 18.2. The number of ether oxygens (including phenoxy) is 1. The van der Waals surface area contributed by atoms with Crippen molar-refractivity contribution in [1.29, 1.82) is 0 Å². The van der Waals surface area contributed by atoms with Gasteiger partial charge in [-0.25, -0.2) is 4.39 Å². The monoisotopic (exact) mass is 418 g/mol. The minimum Gasteiger partial charge on any atom is -0.504 e. The molecule has 2 atom stereocenters. The second kappa shape index (κ2) is 9.23. The third-order valence-electron chi connectivity index (χ3n) is 5.50. The fraction of sp³-hybridized carbons (Fsp3) is 0.231. The maximum atomic E-state index is 13.9. The molecule has 0 saturated carbocycles. The quantitative estimate of drug-likeness (QED) is 0.497. The Bertz CT molecular complexity index is 1080. The fourth-order valence-electron chi connectivity index (χ4n) is 3.85. The molecular formula is C26H27FN2O2. The molecule has 0 saturated heterocycles. The molecule has 3 N–H and O–H groups in total. The van der Waals surface area contributed by atoms with Gasteiger partial charge in [0.25, 0.3) is 0 Å². The van der Waals surface area contributed by atoms with E-state index in [0.717, 1.165) is 23.2 Å². The first kappa shape index (κ1) is 20.9. The molecule has 1 heterocycles. The van der Waals surface area contributed by atoms with Crippen LogP contribution in [0.1, 0.15) is 48.3 Å². The van der Waals surface area contributed by atoms with E-state index in [1.54, 1.807) is 12.1 Å². The van der Waals surface area contributed by atoms with E-state index in [2.05, 4.69) is 41.8 Å². The molecule has 0 spiro atoms. The Kier molecular flexibility index (Phi) is 6.23. The zero-order valence-electron chi connectivity index (χ0n) is 17.7. The summed E-state index contributed by atoms with van der Waals surface area (Å²) in [5, 5.41) is 17.8. The maximum Gasteiger partial charge on any atom is 0.162 e. The van der Waals surface area contributed by atoms with E-state index in [9.17, 15) is 9.50 Å². The van der Waals surface area contributed by atoms with Crippen molar-refractivity contribution >= 4 is 5.70 Å². The number of rotatable bonds is 6. The Hall–Kier alpha value is -3.31. The van der Waals surface area contributed by atoms with E-state index >= 15 is 0 Å². The molecule has 0 amide bonds. The van der Waals surface area contributed by atoms with Gasteiger partial charge in [-0.3, -0.25) is 5.32 Å². The Morgan fingerprint density at radius 2 is 1.77 bits per heavy atom. The number of hydrogen-bond acceptors (Lipinski definition) is 4. The second-order valence-electron chi connectivity index (χ2n) is 7.53. The molecule has 160 valence electrons. The number of halogens is 1. The SMILES string of the molecule is CCOc1cccc(C2C=C(c3ccc(CC)cc3)NC(c3cccc(F)c3)N2)c1O. The van der Waals surface area contributed by atoms with Crippen molar-refractivity contribution in [3.05, 3.63) is 101 Å². The smallest absolute Gasteiger partial charge is 0.162 e. The number of phenolic OH excluding ortho intramolecular Hbond substituents is 1.